The Morgan fingerprint density at radius 1 is 1.18 bits per heavy atom. The first-order valence-corrected chi connectivity index (χ1v) is 6.11. The number of carbonyl (C=O) groups is 1. The van der Waals surface area contributed by atoms with Crippen LogP contribution < -0.4 is 56.5 Å². The predicted octanol–water partition coefficient (Wildman–Crippen LogP) is -0.701. The van der Waals surface area contributed by atoms with Crippen LogP contribution in [0.1, 0.15) is 25.8 Å². The van der Waals surface area contributed by atoms with E-state index in [0.29, 0.717) is 0 Å². The van der Waals surface area contributed by atoms with Crippen LogP contribution in [0.3, 0.4) is 0 Å². The molecule has 0 radical (unpaired) electrons. The van der Waals surface area contributed by atoms with Crippen molar-refractivity contribution in [2.75, 3.05) is 0 Å². The molecule has 22 heavy (non-hydrogen) atoms. The molecule has 1 aromatic carbocycles. The van der Waals surface area contributed by atoms with Crippen LogP contribution in [0.25, 0.3) is 0 Å². The van der Waals surface area contributed by atoms with E-state index in [0.717, 1.165) is 26.0 Å². The molecule has 1 atom stereocenters. The Kier molecular flexibility index (Phi) is 8.43. The van der Waals surface area contributed by atoms with Gasteiger partial charge in [0, 0.05) is 12.0 Å². The van der Waals surface area contributed by atoms with Gasteiger partial charge in [-0.3, -0.25) is 4.99 Å². The maximum absolute atomic E-state index is 13.5. The first-order chi connectivity index (χ1) is 9.50. The van der Waals surface area contributed by atoms with Gasteiger partial charge in [0.2, 0.25) is 0 Å². The third-order valence-electron chi connectivity index (χ3n) is 2.55. The number of alkyl halides is 4. The third-order valence-corrected chi connectivity index (χ3v) is 2.55. The fourth-order valence-corrected chi connectivity index (χ4v) is 1.70. The van der Waals surface area contributed by atoms with Crippen molar-refractivity contribution in [3.8, 4) is 0 Å². The van der Waals surface area contributed by atoms with Gasteiger partial charge in [-0.1, -0.05) is 30.3 Å². The van der Waals surface area contributed by atoms with Crippen LogP contribution in [0.5, 0.6) is 0 Å². The van der Waals surface area contributed by atoms with Crippen LogP contribution >= 0.6 is 0 Å². The van der Waals surface area contributed by atoms with Crippen molar-refractivity contribution in [3.63, 3.8) is 0 Å². The Bertz CT molecular complexity index is 524. The van der Waals surface area contributed by atoms with Crippen molar-refractivity contribution in [1.82, 2.24) is 0 Å². The van der Waals surface area contributed by atoms with Crippen molar-refractivity contribution in [2.24, 2.45) is 4.99 Å². The van der Waals surface area contributed by atoms with E-state index in [2.05, 4.69) is 4.99 Å². The smallest absolute Gasteiger partial charge is 0.548 e. The second kappa shape index (κ2) is 8.54. The Hall–Kier alpha value is -0.284. The monoisotopic (exact) mass is 343 g/mol. The topological polar surface area (TPSA) is 52.5 Å². The van der Waals surface area contributed by atoms with Gasteiger partial charge in [-0.05, 0) is 13.8 Å². The van der Waals surface area contributed by atoms with Crippen LogP contribution in [-0.2, 0) is 4.79 Å². The number of aliphatic carboxylic acids is 1. The van der Waals surface area contributed by atoms with E-state index in [-0.39, 0.29) is 56.9 Å². The maximum atomic E-state index is 13.5. The Balaban J connectivity index is 0.00000441. The molecule has 0 unspecified atom stereocenters. The summed E-state index contributed by atoms with van der Waals surface area (Å²) >= 11 is 0. The molecule has 0 bridgehead atoms. The van der Waals surface area contributed by atoms with Crippen LogP contribution in [0.2, 0.25) is 0 Å². The summed E-state index contributed by atoms with van der Waals surface area (Å²) in [4.78, 5) is 14.1. The summed E-state index contributed by atoms with van der Waals surface area (Å²) in [6.07, 6.45) is -5.56. The van der Waals surface area contributed by atoms with E-state index >= 15 is 0 Å². The Morgan fingerprint density at radius 2 is 1.68 bits per heavy atom. The fourth-order valence-electron chi connectivity index (χ4n) is 1.70. The molecule has 0 amide bonds. The molecule has 0 fully saturated rings. The maximum Gasteiger partial charge on any atom is 1.00 e. The molecule has 0 N–H and O–H groups in total. The van der Waals surface area contributed by atoms with E-state index in [9.17, 15) is 27.5 Å². The molecule has 0 aliphatic carbocycles. The van der Waals surface area contributed by atoms with Gasteiger partial charge in [-0.25, -0.2) is 4.39 Å². The quantitative estimate of drug-likeness (QED) is 0.403. The summed E-state index contributed by atoms with van der Waals surface area (Å²) in [6, 6.07) is 4.63. The largest absolute Gasteiger partial charge is 1.00 e. The van der Waals surface area contributed by atoms with Gasteiger partial charge in [-0.2, -0.15) is 13.2 Å². The molecule has 1 aromatic rings. The Morgan fingerprint density at radius 3 is 2.05 bits per heavy atom. The average molecular weight is 343 g/mol. The molecule has 0 aliphatic heterocycles. The predicted molar refractivity (Wildman–Crippen MR) is 67.6 cm³/mol. The summed E-state index contributed by atoms with van der Waals surface area (Å²) in [5.74, 6) is -1.85. The van der Waals surface area contributed by atoms with Crippen LogP contribution in [-0.4, -0.2) is 29.6 Å². The second-order valence-electron chi connectivity index (χ2n) is 5.10. The zero-order valence-electron chi connectivity index (χ0n) is 12.4. The van der Waals surface area contributed by atoms with Gasteiger partial charge in [-0.15, -0.1) is 0 Å². The summed E-state index contributed by atoms with van der Waals surface area (Å²) < 4.78 is 52.6. The summed E-state index contributed by atoms with van der Waals surface area (Å²) in [7, 11) is 0. The van der Waals surface area contributed by atoms with Gasteiger partial charge in [0.25, 0.3) is 0 Å². The molecular formula is C14H14F4KNO2. The SMILES string of the molecule is CC(C)(F)C[C@H](N=C(c1ccccc1)C(F)(F)F)C(=O)[O-].[K+]. The normalized spacial score (nSPS) is 14.2. The number of carboxylic acid groups (broad SMARTS) is 1. The molecule has 8 heteroatoms. The molecule has 0 heterocycles. The van der Waals surface area contributed by atoms with Crippen molar-refractivity contribution in [1.29, 1.82) is 0 Å². The molecule has 0 spiro atoms. The second-order valence-corrected chi connectivity index (χ2v) is 5.10. The van der Waals surface area contributed by atoms with Crippen LogP contribution in [0, 0.1) is 0 Å². The number of hydrogen-bond donors (Lipinski definition) is 0. The zero-order valence-corrected chi connectivity index (χ0v) is 15.6. The third kappa shape index (κ3) is 7.32. The standard InChI is InChI=1S/C14H15F4NO2.K/c1-13(2,15)8-10(12(20)21)19-11(14(16,17)18)9-6-4-3-5-7-9;/h3-7,10H,8H2,1-2H3,(H,20,21);/q;+1/p-1/t10-;/m0./s1. The number of nitrogens with zero attached hydrogens (tertiary/aromatic N) is 1. The molecule has 0 saturated heterocycles. The number of halogens is 4. The molecule has 0 aromatic heterocycles. The Labute approximate surface area is 168 Å². The minimum absolute atomic E-state index is 0. The molecule has 3 nitrogen and oxygen atoms in total. The number of hydrogen-bond acceptors (Lipinski definition) is 3. The molecule has 1 rings (SSSR count). The van der Waals surface area contributed by atoms with Crippen molar-refractivity contribution < 1.29 is 78.8 Å². The van der Waals surface area contributed by atoms with Gasteiger partial charge < -0.3 is 9.90 Å². The van der Waals surface area contributed by atoms with Gasteiger partial charge in [0.05, 0.1) is 12.0 Å². The first-order valence-electron chi connectivity index (χ1n) is 6.11. The van der Waals surface area contributed by atoms with Crippen LogP contribution in [0.15, 0.2) is 35.3 Å². The van der Waals surface area contributed by atoms with Crippen molar-refractivity contribution in [3.05, 3.63) is 35.9 Å². The van der Waals surface area contributed by atoms with Crippen LogP contribution in [0.4, 0.5) is 17.6 Å². The molecular weight excluding hydrogens is 329 g/mol. The summed E-state index contributed by atoms with van der Waals surface area (Å²) in [5.41, 5.74) is -3.63. The minimum Gasteiger partial charge on any atom is -0.548 e. The zero-order chi connectivity index (χ0) is 16.3. The number of carboxylic acids is 1. The van der Waals surface area contributed by atoms with E-state index in [4.69, 9.17) is 0 Å². The van der Waals surface area contributed by atoms with Crippen molar-refractivity contribution in [2.45, 2.75) is 38.2 Å². The first kappa shape index (κ1) is 21.7. The van der Waals surface area contributed by atoms with E-state index < -0.39 is 36.0 Å². The molecule has 0 saturated carbocycles. The minimum atomic E-state index is -4.85. The number of aliphatic imine (C=N–C) groups is 1. The number of benzene rings is 1. The van der Waals surface area contributed by atoms with Gasteiger partial charge in [0.1, 0.15) is 11.4 Å². The van der Waals surface area contributed by atoms with E-state index in [1.54, 1.807) is 0 Å². The van der Waals surface area contributed by atoms with Crippen molar-refractivity contribution >= 4 is 11.7 Å². The summed E-state index contributed by atoms with van der Waals surface area (Å²) in [5, 5.41) is 10.9. The fraction of sp³-hybridized carbons (Fsp3) is 0.429. The average Bonchev–Trinajstić information content (AvgIpc) is 2.32. The molecule has 0 aliphatic rings. The van der Waals surface area contributed by atoms with E-state index in [1.165, 1.54) is 18.2 Å². The van der Waals surface area contributed by atoms with Gasteiger partial charge >= 0.3 is 57.6 Å². The van der Waals surface area contributed by atoms with Gasteiger partial charge in [0.15, 0.2) is 0 Å². The molecule has 116 valence electrons. The van der Waals surface area contributed by atoms with E-state index in [1.807, 2.05) is 0 Å². The number of rotatable bonds is 5. The summed E-state index contributed by atoms with van der Waals surface area (Å²) in [6.45, 7) is 2.13. The number of carbonyl (C=O) groups excluding carboxylic acids is 1.